The molecule has 0 spiro atoms. The number of nitrogens with zero attached hydrogens (tertiary/aromatic N) is 2. The summed E-state index contributed by atoms with van der Waals surface area (Å²) in [6.07, 6.45) is 0.190. The van der Waals surface area contributed by atoms with Crippen molar-refractivity contribution in [1.82, 2.24) is 15.6 Å². The van der Waals surface area contributed by atoms with Gasteiger partial charge in [0.1, 0.15) is 0 Å². The molecule has 0 saturated carbocycles. The molecule has 0 bridgehead atoms. The van der Waals surface area contributed by atoms with Crippen LogP contribution in [-0.4, -0.2) is 21.8 Å². The van der Waals surface area contributed by atoms with E-state index in [2.05, 4.69) is 21.0 Å². The van der Waals surface area contributed by atoms with Crippen LogP contribution in [-0.2, 0) is 4.79 Å². The van der Waals surface area contributed by atoms with E-state index in [-0.39, 0.29) is 30.5 Å². The van der Waals surface area contributed by atoms with E-state index in [0.717, 1.165) is 5.56 Å². The number of nitrogens with one attached hydrogen (secondary N) is 2. The predicted molar refractivity (Wildman–Crippen MR) is 94.4 cm³/mol. The number of Topliss-reactive ketones (excluding diaryl/α,β-unsaturated/α-hetero) is 1. The zero-order chi connectivity index (χ0) is 17.6. The largest absolute Gasteiger partial charge is 0.340 e. The molecule has 7 nitrogen and oxygen atoms in total. The number of thiophene rings is 1. The van der Waals surface area contributed by atoms with Crippen molar-refractivity contribution in [2.45, 2.75) is 12.8 Å². The number of halogens is 1. The number of hydrazine groups is 1. The van der Waals surface area contributed by atoms with Gasteiger partial charge in [0.15, 0.2) is 5.78 Å². The Hall–Kier alpha value is -2.71. The number of carbonyl (C=O) groups is 2. The molecule has 25 heavy (non-hydrogen) atoms. The summed E-state index contributed by atoms with van der Waals surface area (Å²) in [4.78, 5) is 28.4. The Bertz CT molecular complexity index is 862. The van der Waals surface area contributed by atoms with Crippen molar-refractivity contribution in [1.29, 1.82) is 0 Å². The Morgan fingerprint density at radius 2 is 1.96 bits per heavy atom. The van der Waals surface area contributed by atoms with Crippen LogP contribution < -0.4 is 10.9 Å². The maximum absolute atomic E-state index is 11.8. The number of hydrogen-bond acceptors (Lipinski definition) is 7. The molecule has 2 heterocycles. The Morgan fingerprint density at radius 1 is 1.16 bits per heavy atom. The lowest BCUT2D eigenvalue weighted by atomic mass is 10.2. The number of benzene rings is 1. The maximum Gasteiger partial charge on any atom is 0.340 e. The fourth-order valence-corrected chi connectivity index (χ4v) is 2.78. The molecule has 0 aliphatic rings. The van der Waals surface area contributed by atoms with Gasteiger partial charge in [0.25, 0.3) is 0 Å². The molecule has 3 rings (SSSR count). The monoisotopic (exact) mass is 376 g/mol. The van der Waals surface area contributed by atoms with E-state index in [1.807, 2.05) is 5.38 Å². The average molecular weight is 377 g/mol. The third-order valence-electron chi connectivity index (χ3n) is 3.21. The molecule has 0 unspecified atom stereocenters. The number of carbonyl (C=O) groups excluding carboxylic acids is 2. The summed E-state index contributed by atoms with van der Waals surface area (Å²) in [5.74, 6) is -0.0506. The highest BCUT2D eigenvalue weighted by Crippen LogP contribution is 2.19. The van der Waals surface area contributed by atoms with Gasteiger partial charge in [-0.15, -0.1) is 11.3 Å². The van der Waals surface area contributed by atoms with E-state index in [4.69, 9.17) is 16.1 Å². The molecule has 0 aliphatic carbocycles. The third kappa shape index (κ3) is 4.65. The number of rotatable bonds is 7. The maximum atomic E-state index is 11.8. The van der Waals surface area contributed by atoms with Crippen molar-refractivity contribution in [3.8, 4) is 11.4 Å². The fraction of sp³-hybridized carbons (Fsp3) is 0.125. The van der Waals surface area contributed by atoms with Crippen LogP contribution in [0.5, 0.6) is 0 Å². The second-order valence-electron chi connectivity index (χ2n) is 5.00. The van der Waals surface area contributed by atoms with Gasteiger partial charge in [0.2, 0.25) is 11.7 Å². The first-order valence-electron chi connectivity index (χ1n) is 7.33. The zero-order valence-corrected chi connectivity index (χ0v) is 14.4. The fourth-order valence-electron chi connectivity index (χ4n) is 1.96. The molecule has 0 radical (unpaired) electrons. The molecule has 128 valence electrons. The first kappa shape index (κ1) is 17.1. The summed E-state index contributed by atoms with van der Waals surface area (Å²) in [6.45, 7) is 0. The Labute approximate surface area is 152 Å². The molecule has 2 aromatic heterocycles. The van der Waals surface area contributed by atoms with E-state index < -0.39 is 0 Å². The second-order valence-corrected chi connectivity index (χ2v) is 6.39. The van der Waals surface area contributed by atoms with Gasteiger partial charge in [0, 0.05) is 23.4 Å². The van der Waals surface area contributed by atoms with Gasteiger partial charge < -0.3 is 4.52 Å². The molecule has 9 heteroatoms. The average Bonchev–Trinajstić information content (AvgIpc) is 3.30. The lowest BCUT2D eigenvalue weighted by Gasteiger charge is -2.03. The van der Waals surface area contributed by atoms with Gasteiger partial charge in [-0.05, 0) is 35.7 Å². The van der Waals surface area contributed by atoms with Crippen LogP contribution in [0, 0.1) is 0 Å². The summed E-state index contributed by atoms with van der Waals surface area (Å²) in [5.41, 5.74) is 5.68. The molecule has 3 aromatic rings. The molecule has 0 saturated heterocycles. The van der Waals surface area contributed by atoms with Crippen LogP contribution >= 0.6 is 22.9 Å². The third-order valence-corrected chi connectivity index (χ3v) is 4.38. The highest BCUT2D eigenvalue weighted by Gasteiger charge is 2.12. The van der Waals surface area contributed by atoms with Crippen molar-refractivity contribution in [3.05, 3.63) is 51.7 Å². The Kier molecular flexibility index (Phi) is 5.42. The van der Waals surface area contributed by atoms with Gasteiger partial charge in [-0.3, -0.25) is 15.0 Å². The first-order valence-corrected chi connectivity index (χ1v) is 8.59. The van der Waals surface area contributed by atoms with Crippen LogP contribution in [0.15, 0.2) is 46.3 Å². The highest BCUT2D eigenvalue weighted by atomic mass is 35.5. The van der Waals surface area contributed by atoms with Crippen LogP contribution in [0.1, 0.15) is 22.5 Å². The molecule has 0 fully saturated rings. The minimum atomic E-state index is -0.351. The van der Waals surface area contributed by atoms with E-state index in [1.54, 1.807) is 36.4 Å². The summed E-state index contributed by atoms with van der Waals surface area (Å²) in [5, 5.41) is 6.23. The summed E-state index contributed by atoms with van der Waals surface area (Å²) < 4.78 is 5.00. The normalized spacial score (nSPS) is 10.4. The number of ketones is 1. The van der Waals surface area contributed by atoms with Crippen LogP contribution in [0.4, 0.5) is 6.01 Å². The molecule has 1 aromatic carbocycles. The number of hydrogen-bond donors (Lipinski definition) is 2. The molecule has 2 N–H and O–H groups in total. The second kappa shape index (κ2) is 7.91. The number of amides is 1. The van der Waals surface area contributed by atoms with Crippen molar-refractivity contribution in [2.24, 2.45) is 0 Å². The molecule has 0 aliphatic heterocycles. The van der Waals surface area contributed by atoms with Crippen molar-refractivity contribution in [3.63, 3.8) is 0 Å². The van der Waals surface area contributed by atoms with E-state index in [9.17, 15) is 9.59 Å². The minimum absolute atomic E-state index is 0.0443. The first-order chi connectivity index (χ1) is 12.1. The summed E-state index contributed by atoms with van der Waals surface area (Å²) >= 11 is 7.18. The zero-order valence-electron chi connectivity index (χ0n) is 12.9. The van der Waals surface area contributed by atoms with Gasteiger partial charge >= 0.3 is 6.01 Å². The van der Waals surface area contributed by atoms with Gasteiger partial charge in [0.05, 0.1) is 4.88 Å². The molecular formula is C16H13ClN4O3S. The SMILES string of the molecule is O=C(CCC(=O)c1cccs1)NNc1nc(-c2ccc(Cl)cc2)no1. The van der Waals surface area contributed by atoms with Crippen molar-refractivity contribution in [2.75, 3.05) is 5.43 Å². The number of aromatic nitrogens is 2. The van der Waals surface area contributed by atoms with Crippen molar-refractivity contribution >= 4 is 40.6 Å². The lowest BCUT2D eigenvalue weighted by Crippen LogP contribution is -2.29. The summed E-state index contributed by atoms with van der Waals surface area (Å²) in [6, 6.07) is 10.5. The van der Waals surface area contributed by atoms with Crippen LogP contribution in [0.25, 0.3) is 11.4 Å². The van der Waals surface area contributed by atoms with Gasteiger partial charge in [-0.1, -0.05) is 22.8 Å². The highest BCUT2D eigenvalue weighted by molar-refractivity contribution is 7.12. The summed E-state index contributed by atoms with van der Waals surface area (Å²) in [7, 11) is 0. The van der Waals surface area contributed by atoms with E-state index in [1.165, 1.54) is 11.3 Å². The topological polar surface area (TPSA) is 97.1 Å². The van der Waals surface area contributed by atoms with Crippen LogP contribution in [0.3, 0.4) is 0 Å². The predicted octanol–water partition coefficient (Wildman–Crippen LogP) is 3.56. The smallest absolute Gasteiger partial charge is 0.313 e. The molecular weight excluding hydrogens is 364 g/mol. The van der Waals surface area contributed by atoms with Gasteiger partial charge in [-0.25, -0.2) is 5.43 Å². The Balaban J connectivity index is 1.48. The van der Waals surface area contributed by atoms with Crippen molar-refractivity contribution < 1.29 is 14.1 Å². The number of anilines is 1. The lowest BCUT2D eigenvalue weighted by molar-refractivity contribution is -0.120. The van der Waals surface area contributed by atoms with E-state index in [0.29, 0.717) is 15.7 Å². The standard InChI is InChI=1S/C16H13ClN4O3S/c17-11-5-3-10(4-6-11)15-18-16(24-21-15)20-19-14(23)8-7-12(22)13-2-1-9-25-13/h1-6,9H,7-8H2,(H,19,23)(H,18,20,21). The minimum Gasteiger partial charge on any atom is -0.313 e. The van der Waals surface area contributed by atoms with E-state index >= 15 is 0 Å². The molecule has 1 amide bonds. The Morgan fingerprint density at radius 3 is 2.68 bits per heavy atom. The quantitative estimate of drug-likeness (QED) is 0.483. The van der Waals surface area contributed by atoms with Gasteiger partial charge in [-0.2, -0.15) is 4.98 Å². The van der Waals surface area contributed by atoms with Crippen LogP contribution in [0.2, 0.25) is 5.02 Å². The molecule has 0 atom stereocenters.